The standard InChI is InChI=1S/C18H28N4O3S.HI/c1-19-18(20-6-2-8-25-15-4-9-24-13-15)21-11-17(23)22-7-3-16-14(12-22)5-10-26-16;/h5,10,15H,2-4,6-9,11-13H2,1H3,(H2,19,20,21);1H. The molecule has 1 amide bonds. The monoisotopic (exact) mass is 508 g/mol. The third-order valence-electron chi connectivity index (χ3n) is 4.65. The molecule has 1 unspecified atom stereocenters. The summed E-state index contributed by atoms with van der Waals surface area (Å²) in [5, 5.41) is 8.43. The van der Waals surface area contributed by atoms with Gasteiger partial charge in [-0.2, -0.15) is 0 Å². The van der Waals surface area contributed by atoms with E-state index in [0.29, 0.717) is 25.7 Å². The van der Waals surface area contributed by atoms with Crippen LogP contribution < -0.4 is 10.6 Å². The number of carbonyl (C=O) groups excluding carboxylic acids is 1. The molecule has 1 atom stereocenters. The highest BCUT2D eigenvalue weighted by Gasteiger charge is 2.21. The Balaban J connectivity index is 0.00000261. The highest BCUT2D eigenvalue weighted by Crippen LogP contribution is 2.23. The van der Waals surface area contributed by atoms with Gasteiger partial charge in [0.15, 0.2) is 5.96 Å². The number of thiophene rings is 1. The lowest BCUT2D eigenvalue weighted by Crippen LogP contribution is -2.46. The number of fused-ring (bicyclic) bond motifs is 1. The Kier molecular flexibility index (Phi) is 9.80. The highest BCUT2D eigenvalue weighted by atomic mass is 127. The third kappa shape index (κ3) is 6.88. The van der Waals surface area contributed by atoms with Crippen molar-refractivity contribution in [3.63, 3.8) is 0 Å². The molecule has 0 aliphatic carbocycles. The van der Waals surface area contributed by atoms with Gasteiger partial charge in [0.2, 0.25) is 5.91 Å². The van der Waals surface area contributed by atoms with Crippen molar-refractivity contribution >= 4 is 47.2 Å². The molecule has 0 spiro atoms. The molecule has 0 radical (unpaired) electrons. The number of nitrogens with zero attached hydrogens (tertiary/aromatic N) is 2. The molecule has 2 N–H and O–H groups in total. The molecule has 1 saturated heterocycles. The number of guanidine groups is 1. The summed E-state index contributed by atoms with van der Waals surface area (Å²) in [6, 6.07) is 2.12. The minimum atomic E-state index is 0. The van der Waals surface area contributed by atoms with Crippen LogP contribution in [-0.4, -0.2) is 69.4 Å². The first-order valence-electron chi connectivity index (χ1n) is 9.23. The Morgan fingerprint density at radius 2 is 2.37 bits per heavy atom. The van der Waals surface area contributed by atoms with Crippen LogP contribution in [0.1, 0.15) is 23.3 Å². The highest BCUT2D eigenvalue weighted by molar-refractivity contribution is 14.0. The normalized spacial score (nSPS) is 19.4. The van der Waals surface area contributed by atoms with Gasteiger partial charge in [0, 0.05) is 44.8 Å². The second-order valence-electron chi connectivity index (χ2n) is 6.50. The third-order valence-corrected chi connectivity index (χ3v) is 5.67. The van der Waals surface area contributed by atoms with Crippen LogP contribution in [0.2, 0.25) is 0 Å². The molecule has 2 aliphatic heterocycles. The van der Waals surface area contributed by atoms with E-state index in [2.05, 4.69) is 27.1 Å². The maximum atomic E-state index is 12.4. The van der Waals surface area contributed by atoms with Crippen molar-refractivity contribution in [3.05, 3.63) is 21.9 Å². The zero-order valence-corrected chi connectivity index (χ0v) is 18.9. The molecular formula is C18H29IN4O3S. The summed E-state index contributed by atoms with van der Waals surface area (Å²) in [7, 11) is 1.71. The van der Waals surface area contributed by atoms with E-state index in [4.69, 9.17) is 9.47 Å². The van der Waals surface area contributed by atoms with E-state index in [9.17, 15) is 4.79 Å². The van der Waals surface area contributed by atoms with Gasteiger partial charge in [-0.1, -0.05) is 0 Å². The van der Waals surface area contributed by atoms with Crippen LogP contribution in [-0.2, 0) is 27.2 Å². The molecule has 0 aromatic carbocycles. The summed E-state index contributed by atoms with van der Waals surface area (Å²) >= 11 is 1.78. The lowest BCUT2D eigenvalue weighted by Gasteiger charge is -2.27. The van der Waals surface area contributed by atoms with Crippen LogP contribution in [0.25, 0.3) is 0 Å². The summed E-state index contributed by atoms with van der Waals surface area (Å²) < 4.78 is 11.0. The summed E-state index contributed by atoms with van der Waals surface area (Å²) in [6.45, 7) is 4.74. The molecule has 27 heavy (non-hydrogen) atoms. The molecule has 152 valence electrons. The molecule has 1 aromatic heterocycles. The number of aliphatic imine (C=N–C) groups is 1. The van der Waals surface area contributed by atoms with E-state index in [1.54, 1.807) is 18.4 Å². The summed E-state index contributed by atoms with van der Waals surface area (Å²) in [5.74, 6) is 0.755. The van der Waals surface area contributed by atoms with Crippen LogP contribution in [0.4, 0.5) is 0 Å². The van der Waals surface area contributed by atoms with Gasteiger partial charge < -0.3 is 25.0 Å². The minimum absolute atomic E-state index is 0. The van der Waals surface area contributed by atoms with Gasteiger partial charge in [-0.3, -0.25) is 9.79 Å². The summed E-state index contributed by atoms with van der Waals surface area (Å²) in [5.41, 5.74) is 1.28. The predicted molar refractivity (Wildman–Crippen MR) is 118 cm³/mol. The van der Waals surface area contributed by atoms with Crippen LogP contribution >= 0.6 is 35.3 Å². The Hall–Kier alpha value is -0.910. The molecule has 0 bridgehead atoms. The lowest BCUT2D eigenvalue weighted by molar-refractivity contribution is -0.130. The van der Waals surface area contributed by atoms with E-state index in [0.717, 1.165) is 39.0 Å². The molecule has 3 rings (SSSR count). The maximum Gasteiger partial charge on any atom is 0.242 e. The van der Waals surface area contributed by atoms with E-state index in [1.807, 2.05) is 4.90 Å². The summed E-state index contributed by atoms with van der Waals surface area (Å²) in [6.07, 6.45) is 3.08. The first-order valence-corrected chi connectivity index (χ1v) is 10.1. The maximum absolute atomic E-state index is 12.4. The number of hydrogen-bond acceptors (Lipinski definition) is 5. The van der Waals surface area contributed by atoms with Gasteiger partial charge in [0.05, 0.1) is 19.3 Å². The number of carbonyl (C=O) groups is 1. The van der Waals surface area contributed by atoms with E-state index in [1.165, 1.54) is 10.4 Å². The Labute approximate surface area is 181 Å². The Morgan fingerprint density at radius 3 is 3.15 bits per heavy atom. The fraction of sp³-hybridized carbons (Fsp3) is 0.667. The number of amides is 1. The first kappa shape index (κ1) is 22.4. The van der Waals surface area contributed by atoms with Gasteiger partial charge in [-0.05, 0) is 36.3 Å². The number of hydrogen-bond donors (Lipinski definition) is 2. The summed E-state index contributed by atoms with van der Waals surface area (Å²) in [4.78, 5) is 19.9. The SMILES string of the molecule is CN=C(NCCCOC1CCOC1)NCC(=O)N1CCc2sccc2C1.I. The van der Waals surface area contributed by atoms with E-state index < -0.39 is 0 Å². The van der Waals surface area contributed by atoms with Gasteiger partial charge in [-0.15, -0.1) is 35.3 Å². The molecule has 9 heteroatoms. The molecule has 3 heterocycles. The van der Waals surface area contributed by atoms with Gasteiger partial charge >= 0.3 is 0 Å². The zero-order chi connectivity index (χ0) is 18.2. The second kappa shape index (κ2) is 11.8. The minimum Gasteiger partial charge on any atom is -0.379 e. The first-order chi connectivity index (χ1) is 12.8. The van der Waals surface area contributed by atoms with E-state index in [-0.39, 0.29) is 42.5 Å². The average molecular weight is 508 g/mol. The number of rotatable bonds is 7. The van der Waals surface area contributed by atoms with Crippen molar-refractivity contribution < 1.29 is 14.3 Å². The Bertz CT molecular complexity index is 620. The fourth-order valence-electron chi connectivity index (χ4n) is 3.13. The van der Waals surface area contributed by atoms with Crippen molar-refractivity contribution in [2.24, 2.45) is 4.99 Å². The Morgan fingerprint density at radius 1 is 1.48 bits per heavy atom. The molecule has 2 aliphatic rings. The van der Waals surface area contributed by atoms with Gasteiger partial charge in [-0.25, -0.2) is 0 Å². The van der Waals surface area contributed by atoms with Crippen LogP contribution in [0.15, 0.2) is 16.4 Å². The van der Waals surface area contributed by atoms with Crippen molar-refractivity contribution in [1.82, 2.24) is 15.5 Å². The van der Waals surface area contributed by atoms with Crippen molar-refractivity contribution in [1.29, 1.82) is 0 Å². The number of nitrogens with one attached hydrogen (secondary N) is 2. The zero-order valence-electron chi connectivity index (χ0n) is 15.7. The van der Waals surface area contributed by atoms with Crippen molar-refractivity contribution in [3.8, 4) is 0 Å². The average Bonchev–Trinajstić information content (AvgIpc) is 3.34. The van der Waals surface area contributed by atoms with Crippen molar-refractivity contribution in [2.75, 3.05) is 46.5 Å². The molecule has 0 saturated carbocycles. The lowest BCUT2D eigenvalue weighted by atomic mass is 10.1. The fourth-order valence-corrected chi connectivity index (χ4v) is 4.02. The van der Waals surface area contributed by atoms with E-state index >= 15 is 0 Å². The smallest absolute Gasteiger partial charge is 0.242 e. The quantitative estimate of drug-likeness (QED) is 0.254. The van der Waals surface area contributed by atoms with Crippen LogP contribution in [0.3, 0.4) is 0 Å². The number of ether oxygens (including phenoxy) is 2. The van der Waals surface area contributed by atoms with Gasteiger partial charge in [0.1, 0.15) is 0 Å². The number of halogens is 1. The largest absolute Gasteiger partial charge is 0.379 e. The van der Waals surface area contributed by atoms with Crippen LogP contribution in [0.5, 0.6) is 0 Å². The molecular weight excluding hydrogens is 479 g/mol. The topological polar surface area (TPSA) is 75.2 Å². The van der Waals surface area contributed by atoms with Gasteiger partial charge in [0.25, 0.3) is 0 Å². The van der Waals surface area contributed by atoms with Crippen molar-refractivity contribution in [2.45, 2.75) is 31.9 Å². The second-order valence-corrected chi connectivity index (χ2v) is 7.50. The molecule has 1 aromatic rings. The van der Waals surface area contributed by atoms with Crippen LogP contribution in [0, 0.1) is 0 Å². The molecule has 1 fully saturated rings. The molecule has 7 nitrogen and oxygen atoms in total. The predicted octanol–water partition coefficient (Wildman–Crippen LogP) is 1.61.